The molecule has 0 radical (unpaired) electrons. The van der Waals surface area contributed by atoms with Gasteiger partial charge in [0.2, 0.25) is 0 Å². The zero-order valence-electron chi connectivity index (χ0n) is 11.8. The first kappa shape index (κ1) is 13.6. The van der Waals surface area contributed by atoms with Gasteiger partial charge in [-0.1, -0.05) is 30.2 Å². The Morgan fingerprint density at radius 1 is 1.17 bits per heavy atom. The van der Waals surface area contributed by atoms with E-state index in [-0.39, 0.29) is 6.04 Å². The molecule has 1 saturated heterocycles. The highest BCUT2D eigenvalue weighted by Gasteiger charge is 2.14. The number of likely N-dealkylation sites (tertiary alicyclic amines) is 1. The van der Waals surface area contributed by atoms with E-state index in [1.165, 1.54) is 49.0 Å². The van der Waals surface area contributed by atoms with Crippen molar-refractivity contribution in [2.75, 3.05) is 19.6 Å². The highest BCUT2D eigenvalue weighted by molar-refractivity contribution is 5.31. The fourth-order valence-corrected chi connectivity index (χ4v) is 2.84. The van der Waals surface area contributed by atoms with Gasteiger partial charge in [-0.05, 0) is 57.3 Å². The van der Waals surface area contributed by atoms with Crippen molar-refractivity contribution in [2.24, 2.45) is 5.73 Å². The summed E-state index contributed by atoms with van der Waals surface area (Å²) in [4.78, 5) is 2.53. The van der Waals surface area contributed by atoms with Crippen molar-refractivity contribution in [2.45, 2.75) is 45.6 Å². The van der Waals surface area contributed by atoms with Gasteiger partial charge in [0.15, 0.2) is 0 Å². The summed E-state index contributed by atoms with van der Waals surface area (Å²) < 4.78 is 0. The lowest BCUT2D eigenvalue weighted by molar-refractivity contribution is 0.215. The summed E-state index contributed by atoms with van der Waals surface area (Å²) in [7, 11) is 0. The maximum atomic E-state index is 6.31. The number of hydrogen-bond donors (Lipinski definition) is 1. The van der Waals surface area contributed by atoms with Crippen LogP contribution < -0.4 is 5.73 Å². The van der Waals surface area contributed by atoms with E-state index in [4.69, 9.17) is 5.73 Å². The molecule has 18 heavy (non-hydrogen) atoms. The zero-order chi connectivity index (χ0) is 13.0. The molecule has 1 atom stereocenters. The molecule has 1 heterocycles. The van der Waals surface area contributed by atoms with Crippen molar-refractivity contribution < 1.29 is 0 Å². The molecular formula is C16H26N2. The van der Waals surface area contributed by atoms with Crippen molar-refractivity contribution in [3.05, 3.63) is 34.9 Å². The summed E-state index contributed by atoms with van der Waals surface area (Å²) in [5.41, 5.74) is 10.4. The number of aryl methyl sites for hydroxylation is 2. The third kappa shape index (κ3) is 3.82. The molecule has 0 saturated carbocycles. The Kier molecular flexibility index (Phi) is 4.79. The van der Waals surface area contributed by atoms with E-state index >= 15 is 0 Å². The van der Waals surface area contributed by atoms with E-state index in [0.717, 1.165) is 13.0 Å². The average molecular weight is 246 g/mol. The summed E-state index contributed by atoms with van der Waals surface area (Å²) in [6, 6.07) is 6.93. The highest BCUT2D eigenvalue weighted by Crippen LogP contribution is 2.14. The molecule has 1 aliphatic rings. The Morgan fingerprint density at radius 2 is 1.89 bits per heavy atom. The standard InChI is InChI=1S/C16H26N2/c1-13-6-7-14(2)15(10-13)11-16(17)12-18-8-4-3-5-9-18/h6-7,10,16H,3-5,8-9,11-12,17H2,1-2H3. The Balaban J connectivity index is 1.89. The minimum absolute atomic E-state index is 0.267. The summed E-state index contributed by atoms with van der Waals surface area (Å²) in [6.07, 6.45) is 5.08. The van der Waals surface area contributed by atoms with Gasteiger partial charge in [-0.3, -0.25) is 0 Å². The molecule has 1 fully saturated rings. The lowest BCUT2D eigenvalue weighted by Gasteiger charge is -2.29. The van der Waals surface area contributed by atoms with Crippen LogP contribution in [0.2, 0.25) is 0 Å². The third-order valence-electron chi connectivity index (χ3n) is 3.93. The molecule has 0 aliphatic carbocycles. The molecule has 0 bridgehead atoms. The van der Waals surface area contributed by atoms with E-state index in [2.05, 4.69) is 36.9 Å². The van der Waals surface area contributed by atoms with Crippen LogP contribution in [0.4, 0.5) is 0 Å². The van der Waals surface area contributed by atoms with Crippen LogP contribution in [-0.2, 0) is 6.42 Å². The first-order chi connectivity index (χ1) is 8.65. The van der Waals surface area contributed by atoms with Crippen molar-refractivity contribution in [3.8, 4) is 0 Å². The van der Waals surface area contributed by atoms with Crippen LogP contribution in [0, 0.1) is 13.8 Å². The van der Waals surface area contributed by atoms with Crippen LogP contribution in [-0.4, -0.2) is 30.6 Å². The number of rotatable bonds is 4. The maximum Gasteiger partial charge on any atom is 0.0208 e. The molecule has 0 amide bonds. The van der Waals surface area contributed by atoms with Crippen molar-refractivity contribution in [1.29, 1.82) is 0 Å². The Labute approximate surface area is 111 Å². The number of nitrogens with two attached hydrogens (primary N) is 1. The average Bonchev–Trinajstić information content (AvgIpc) is 2.35. The molecular weight excluding hydrogens is 220 g/mol. The summed E-state index contributed by atoms with van der Waals surface area (Å²) in [5, 5.41) is 0. The van der Waals surface area contributed by atoms with Gasteiger partial charge in [-0.15, -0.1) is 0 Å². The molecule has 1 aromatic carbocycles. The summed E-state index contributed by atoms with van der Waals surface area (Å²) in [5.74, 6) is 0. The molecule has 2 N–H and O–H groups in total. The Bertz CT molecular complexity index is 381. The van der Waals surface area contributed by atoms with Crippen molar-refractivity contribution >= 4 is 0 Å². The maximum absolute atomic E-state index is 6.31. The first-order valence-electron chi connectivity index (χ1n) is 7.19. The van der Waals surface area contributed by atoms with Gasteiger partial charge in [-0.25, -0.2) is 0 Å². The lowest BCUT2D eigenvalue weighted by Crippen LogP contribution is -2.41. The van der Waals surface area contributed by atoms with E-state index in [1.807, 2.05) is 0 Å². The fraction of sp³-hybridized carbons (Fsp3) is 0.625. The van der Waals surface area contributed by atoms with Crippen LogP contribution in [0.15, 0.2) is 18.2 Å². The van der Waals surface area contributed by atoms with E-state index in [9.17, 15) is 0 Å². The topological polar surface area (TPSA) is 29.3 Å². The van der Waals surface area contributed by atoms with Gasteiger partial charge in [0.05, 0.1) is 0 Å². The third-order valence-corrected chi connectivity index (χ3v) is 3.93. The molecule has 2 nitrogen and oxygen atoms in total. The second-order valence-corrected chi connectivity index (χ2v) is 5.76. The molecule has 0 spiro atoms. The fourth-order valence-electron chi connectivity index (χ4n) is 2.84. The molecule has 1 aliphatic heterocycles. The number of piperidine rings is 1. The van der Waals surface area contributed by atoms with E-state index in [1.54, 1.807) is 0 Å². The van der Waals surface area contributed by atoms with Gasteiger partial charge < -0.3 is 10.6 Å². The second kappa shape index (κ2) is 6.35. The predicted octanol–water partition coefficient (Wildman–Crippen LogP) is 2.66. The van der Waals surface area contributed by atoms with Gasteiger partial charge in [0.25, 0.3) is 0 Å². The van der Waals surface area contributed by atoms with Gasteiger partial charge >= 0.3 is 0 Å². The van der Waals surface area contributed by atoms with Gasteiger partial charge in [0.1, 0.15) is 0 Å². The van der Waals surface area contributed by atoms with Crippen molar-refractivity contribution in [3.63, 3.8) is 0 Å². The normalized spacial score (nSPS) is 18.8. The largest absolute Gasteiger partial charge is 0.326 e. The molecule has 0 aromatic heterocycles. The molecule has 2 rings (SSSR count). The quantitative estimate of drug-likeness (QED) is 0.885. The van der Waals surface area contributed by atoms with Crippen LogP contribution >= 0.6 is 0 Å². The minimum atomic E-state index is 0.267. The lowest BCUT2D eigenvalue weighted by atomic mass is 9.98. The van der Waals surface area contributed by atoms with E-state index < -0.39 is 0 Å². The first-order valence-corrected chi connectivity index (χ1v) is 7.19. The smallest absolute Gasteiger partial charge is 0.0208 e. The number of nitrogens with zero attached hydrogens (tertiary/aromatic N) is 1. The number of hydrogen-bond acceptors (Lipinski definition) is 2. The summed E-state index contributed by atoms with van der Waals surface area (Å²) in [6.45, 7) is 7.86. The van der Waals surface area contributed by atoms with E-state index in [0.29, 0.717) is 0 Å². The van der Waals surface area contributed by atoms with Gasteiger partial charge in [-0.2, -0.15) is 0 Å². The molecule has 1 aromatic rings. The zero-order valence-corrected chi connectivity index (χ0v) is 11.8. The van der Waals surface area contributed by atoms with Crippen LogP contribution in [0.25, 0.3) is 0 Å². The Hall–Kier alpha value is -0.860. The highest BCUT2D eigenvalue weighted by atomic mass is 15.1. The SMILES string of the molecule is Cc1ccc(C)c(CC(N)CN2CCCCC2)c1. The molecule has 2 heteroatoms. The Morgan fingerprint density at radius 3 is 2.61 bits per heavy atom. The second-order valence-electron chi connectivity index (χ2n) is 5.76. The van der Waals surface area contributed by atoms with Crippen LogP contribution in [0.5, 0.6) is 0 Å². The number of benzene rings is 1. The van der Waals surface area contributed by atoms with Crippen molar-refractivity contribution in [1.82, 2.24) is 4.90 Å². The minimum Gasteiger partial charge on any atom is -0.326 e. The molecule has 1 unspecified atom stereocenters. The van der Waals surface area contributed by atoms with Crippen LogP contribution in [0.1, 0.15) is 36.0 Å². The van der Waals surface area contributed by atoms with Gasteiger partial charge in [0, 0.05) is 12.6 Å². The van der Waals surface area contributed by atoms with Crippen LogP contribution in [0.3, 0.4) is 0 Å². The molecule has 100 valence electrons. The summed E-state index contributed by atoms with van der Waals surface area (Å²) >= 11 is 0. The predicted molar refractivity (Wildman–Crippen MR) is 77.9 cm³/mol. The monoisotopic (exact) mass is 246 g/mol.